The van der Waals surface area contributed by atoms with E-state index in [1.54, 1.807) is 6.20 Å². The number of pyridine rings is 1. The van der Waals surface area contributed by atoms with E-state index >= 15 is 0 Å². The fraction of sp³-hybridized carbons (Fsp3) is 0.429. The van der Waals surface area contributed by atoms with Crippen LogP contribution in [0.15, 0.2) is 42.6 Å². The fourth-order valence-corrected chi connectivity index (χ4v) is 3.67. The van der Waals surface area contributed by atoms with Gasteiger partial charge in [-0.05, 0) is 55.0 Å². The summed E-state index contributed by atoms with van der Waals surface area (Å²) in [7, 11) is 0. The normalized spacial score (nSPS) is 21.4. The number of aliphatic hydroxyl groups excluding tert-OH is 1. The van der Waals surface area contributed by atoms with E-state index in [-0.39, 0.29) is 24.8 Å². The summed E-state index contributed by atoms with van der Waals surface area (Å²) in [4.78, 5) is 16.9. The summed E-state index contributed by atoms with van der Waals surface area (Å²) in [5.74, 6) is 1.82. The SMILES string of the molecule is O=C(CCc1ccc2c(c1)OCO2)N[C@H](Cc1ccccn1)C1CC(O)C1. The van der Waals surface area contributed by atoms with Crippen LogP contribution in [0.3, 0.4) is 0 Å². The second-order valence-electron chi connectivity index (χ2n) is 7.27. The maximum Gasteiger partial charge on any atom is 0.231 e. The molecular weight excluding hydrogens is 344 g/mol. The lowest BCUT2D eigenvalue weighted by Crippen LogP contribution is -2.48. The molecule has 6 heteroatoms. The number of aromatic nitrogens is 1. The van der Waals surface area contributed by atoms with Gasteiger partial charge in [-0.25, -0.2) is 0 Å². The van der Waals surface area contributed by atoms with Crippen molar-refractivity contribution < 1.29 is 19.4 Å². The van der Waals surface area contributed by atoms with Gasteiger partial charge in [0.15, 0.2) is 11.5 Å². The molecule has 1 aliphatic carbocycles. The van der Waals surface area contributed by atoms with Crippen molar-refractivity contribution in [3.8, 4) is 11.5 Å². The van der Waals surface area contributed by atoms with Crippen molar-refractivity contribution in [1.82, 2.24) is 10.3 Å². The van der Waals surface area contributed by atoms with E-state index in [0.29, 0.717) is 25.2 Å². The van der Waals surface area contributed by atoms with Crippen LogP contribution in [0.1, 0.15) is 30.5 Å². The minimum atomic E-state index is -0.244. The van der Waals surface area contributed by atoms with E-state index in [0.717, 1.165) is 35.6 Å². The van der Waals surface area contributed by atoms with Crippen LogP contribution in [0.25, 0.3) is 0 Å². The average Bonchev–Trinajstić information content (AvgIpc) is 3.12. The number of amides is 1. The molecule has 142 valence electrons. The molecule has 1 saturated carbocycles. The van der Waals surface area contributed by atoms with E-state index < -0.39 is 0 Å². The molecule has 0 unspecified atom stereocenters. The van der Waals surface area contributed by atoms with Gasteiger partial charge >= 0.3 is 0 Å². The summed E-state index contributed by atoms with van der Waals surface area (Å²) in [5.41, 5.74) is 2.01. The summed E-state index contributed by atoms with van der Waals surface area (Å²) >= 11 is 0. The summed E-state index contributed by atoms with van der Waals surface area (Å²) < 4.78 is 10.7. The number of nitrogens with one attached hydrogen (secondary N) is 1. The minimum absolute atomic E-state index is 0.00699. The van der Waals surface area contributed by atoms with Gasteiger partial charge in [-0.1, -0.05) is 12.1 Å². The van der Waals surface area contributed by atoms with Crippen LogP contribution < -0.4 is 14.8 Å². The highest BCUT2D eigenvalue weighted by Crippen LogP contribution is 2.33. The Morgan fingerprint density at radius 2 is 2.07 bits per heavy atom. The number of hydrogen-bond donors (Lipinski definition) is 2. The highest BCUT2D eigenvalue weighted by Gasteiger charge is 2.34. The van der Waals surface area contributed by atoms with Crippen LogP contribution in [-0.4, -0.2) is 34.9 Å². The number of hydrogen-bond acceptors (Lipinski definition) is 5. The van der Waals surface area contributed by atoms with E-state index in [1.165, 1.54) is 0 Å². The van der Waals surface area contributed by atoms with Crippen LogP contribution in [-0.2, 0) is 17.6 Å². The van der Waals surface area contributed by atoms with Crippen LogP contribution in [0.2, 0.25) is 0 Å². The molecule has 4 rings (SSSR count). The summed E-state index contributed by atoms with van der Waals surface area (Å²) in [6.07, 6.45) is 4.74. The number of aryl methyl sites for hydroxylation is 1. The maximum absolute atomic E-state index is 12.5. The molecule has 1 aromatic heterocycles. The predicted molar refractivity (Wildman–Crippen MR) is 99.5 cm³/mol. The zero-order valence-electron chi connectivity index (χ0n) is 15.1. The molecule has 1 aromatic carbocycles. The first kappa shape index (κ1) is 17.8. The minimum Gasteiger partial charge on any atom is -0.454 e. The molecule has 0 radical (unpaired) electrons. The van der Waals surface area contributed by atoms with Crippen LogP contribution in [0, 0.1) is 5.92 Å². The number of benzene rings is 1. The van der Waals surface area contributed by atoms with E-state index in [9.17, 15) is 9.90 Å². The maximum atomic E-state index is 12.5. The third-order valence-corrected chi connectivity index (χ3v) is 5.30. The number of rotatable bonds is 7. The first-order valence-electron chi connectivity index (χ1n) is 9.43. The molecule has 1 aliphatic heterocycles. The standard InChI is InChI=1S/C21H24N2O4/c24-17-10-15(11-17)18(12-16-3-1-2-8-22-16)23-21(25)7-5-14-4-6-19-20(9-14)27-13-26-19/h1-4,6,8-9,15,17-18,24H,5,7,10-13H2,(H,23,25)/t15?,17?,18-/m1/s1. The zero-order valence-corrected chi connectivity index (χ0v) is 15.1. The van der Waals surface area contributed by atoms with Crippen molar-refractivity contribution in [3.05, 3.63) is 53.9 Å². The van der Waals surface area contributed by atoms with Crippen molar-refractivity contribution in [3.63, 3.8) is 0 Å². The van der Waals surface area contributed by atoms with E-state index in [1.807, 2.05) is 36.4 Å². The van der Waals surface area contributed by atoms with Crippen LogP contribution in [0.5, 0.6) is 11.5 Å². The molecule has 2 heterocycles. The number of fused-ring (bicyclic) bond motifs is 1. The number of ether oxygens (including phenoxy) is 2. The Balaban J connectivity index is 1.33. The first-order valence-corrected chi connectivity index (χ1v) is 9.43. The second kappa shape index (κ2) is 7.96. The Bertz CT molecular complexity index is 790. The summed E-state index contributed by atoms with van der Waals surface area (Å²) in [6, 6.07) is 11.6. The molecule has 1 amide bonds. The van der Waals surface area contributed by atoms with Gasteiger partial charge in [-0.2, -0.15) is 0 Å². The lowest BCUT2D eigenvalue weighted by atomic mass is 9.76. The zero-order chi connectivity index (χ0) is 18.6. The Hall–Kier alpha value is -2.60. The van der Waals surface area contributed by atoms with Gasteiger partial charge in [0.05, 0.1) is 6.10 Å². The van der Waals surface area contributed by atoms with Gasteiger partial charge in [0.25, 0.3) is 0 Å². The molecule has 0 saturated heterocycles. The molecule has 1 atom stereocenters. The van der Waals surface area contributed by atoms with Crippen molar-refractivity contribution in [2.45, 2.75) is 44.2 Å². The number of carbonyl (C=O) groups is 1. The number of aliphatic hydroxyl groups is 1. The molecule has 27 heavy (non-hydrogen) atoms. The Morgan fingerprint density at radius 3 is 2.85 bits per heavy atom. The molecule has 6 nitrogen and oxygen atoms in total. The van der Waals surface area contributed by atoms with E-state index in [2.05, 4.69) is 10.3 Å². The Morgan fingerprint density at radius 1 is 1.22 bits per heavy atom. The van der Waals surface area contributed by atoms with Gasteiger partial charge < -0.3 is 19.9 Å². The molecule has 0 bridgehead atoms. The fourth-order valence-electron chi connectivity index (χ4n) is 3.67. The lowest BCUT2D eigenvalue weighted by Gasteiger charge is -2.38. The largest absolute Gasteiger partial charge is 0.454 e. The summed E-state index contributed by atoms with van der Waals surface area (Å²) in [5, 5.41) is 12.8. The Kier molecular flexibility index (Phi) is 5.25. The third kappa shape index (κ3) is 4.39. The monoisotopic (exact) mass is 368 g/mol. The Labute approximate surface area is 158 Å². The highest BCUT2D eigenvalue weighted by molar-refractivity contribution is 5.76. The van der Waals surface area contributed by atoms with Gasteiger partial charge in [-0.15, -0.1) is 0 Å². The molecular formula is C21H24N2O4. The third-order valence-electron chi connectivity index (χ3n) is 5.30. The first-order chi connectivity index (χ1) is 13.2. The number of carbonyl (C=O) groups excluding carboxylic acids is 1. The predicted octanol–water partition coefficient (Wildman–Crippen LogP) is 2.24. The van der Waals surface area contributed by atoms with Crippen molar-refractivity contribution in [2.75, 3.05) is 6.79 Å². The number of nitrogens with zero attached hydrogens (tertiary/aromatic N) is 1. The van der Waals surface area contributed by atoms with Gasteiger partial charge in [0.2, 0.25) is 12.7 Å². The smallest absolute Gasteiger partial charge is 0.231 e. The van der Waals surface area contributed by atoms with Crippen molar-refractivity contribution in [2.24, 2.45) is 5.92 Å². The summed E-state index contributed by atoms with van der Waals surface area (Å²) in [6.45, 7) is 0.252. The van der Waals surface area contributed by atoms with Crippen molar-refractivity contribution in [1.29, 1.82) is 0 Å². The topological polar surface area (TPSA) is 80.7 Å². The molecule has 0 spiro atoms. The van der Waals surface area contributed by atoms with Gasteiger partial charge in [-0.3, -0.25) is 9.78 Å². The van der Waals surface area contributed by atoms with Gasteiger partial charge in [0, 0.05) is 30.8 Å². The van der Waals surface area contributed by atoms with Crippen LogP contribution >= 0.6 is 0 Å². The van der Waals surface area contributed by atoms with Crippen LogP contribution in [0.4, 0.5) is 0 Å². The highest BCUT2D eigenvalue weighted by atomic mass is 16.7. The van der Waals surface area contributed by atoms with E-state index in [4.69, 9.17) is 9.47 Å². The van der Waals surface area contributed by atoms with Gasteiger partial charge in [0.1, 0.15) is 0 Å². The molecule has 2 aliphatic rings. The quantitative estimate of drug-likeness (QED) is 0.783. The molecule has 2 aromatic rings. The molecule has 1 fully saturated rings. The lowest BCUT2D eigenvalue weighted by molar-refractivity contribution is -0.122. The van der Waals surface area contributed by atoms with Crippen molar-refractivity contribution >= 4 is 5.91 Å². The molecule has 2 N–H and O–H groups in total. The average molecular weight is 368 g/mol. The second-order valence-corrected chi connectivity index (χ2v) is 7.27.